The average Bonchev–Trinajstić information content (AvgIpc) is 2.47. The highest BCUT2D eigenvalue weighted by atomic mass is 32.2. The van der Waals surface area contributed by atoms with Crippen LogP contribution in [0.2, 0.25) is 0 Å². The van der Waals surface area contributed by atoms with Crippen LogP contribution in [0.15, 0.2) is 23.2 Å². The maximum atomic E-state index is 11.2. The largest absolute Gasteiger partial charge is 0.272 e. The Morgan fingerprint density at radius 1 is 1.27 bits per heavy atom. The van der Waals surface area contributed by atoms with E-state index in [0.29, 0.717) is 11.5 Å². The van der Waals surface area contributed by atoms with Crippen LogP contribution in [0.4, 0.5) is 5.82 Å². The topological polar surface area (TPSA) is 86.3 Å². The molecule has 6 heteroatoms. The van der Waals surface area contributed by atoms with Gasteiger partial charge in [0.1, 0.15) is 11.1 Å². The highest BCUT2D eigenvalue weighted by molar-refractivity contribution is 7.89. The van der Waals surface area contributed by atoms with Crippen molar-refractivity contribution in [2.75, 3.05) is 5.32 Å². The van der Waals surface area contributed by atoms with E-state index in [9.17, 15) is 8.42 Å². The molecular formula is C16H28N3O2S+. The van der Waals surface area contributed by atoms with Gasteiger partial charge in [-0.15, -0.1) is 0 Å². The van der Waals surface area contributed by atoms with E-state index in [0.717, 1.165) is 24.6 Å². The second-order valence-corrected chi connectivity index (χ2v) is 8.58. The van der Waals surface area contributed by atoms with Gasteiger partial charge in [-0.3, -0.25) is 5.32 Å². The minimum absolute atomic E-state index is 0.103. The summed E-state index contributed by atoms with van der Waals surface area (Å²) in [4.78, 5) is 3.08. The first-order valence-corrected chi connectivity index (χ1v) is 9.58. The van der Waals surface area contributed by atoms with E-state index in [1.165, 1.54) is 31.5 Å². The van der Waals surface area contributed by atoms with Gasteiger partial charge in [-0.25, -0.2) is 18.5 Å². The molecule has 1 heterocycles. The Hall–Kier alpha value is -1.14. The van der Waals surface area contributed by atoms with Crippen molar-refractivity contribution < 1.29 is 13.4 Å². The van der Waals surface area contributed by atoms with E-state index in [-0.39, 0.29) is 4.90 Å². The molecule has 0 atom stereocenters. The smallest absolute Gasteiger partial charge is 0.272 e. The van der Waals surface area contributed by atoms with E-state index in [2.05, 4.69) is 31.1 Å². The Morgan fingerprint density at radius 3 is 2.36 bits per heavy atom. The third kappa shape index (κ3) is 4.20. The number of nitrogens with one attached hydrogen (secondary N) is 2. The zero-order valence-corrected chi connectivity index (χ0v) is 14.5. The molecule has 0 radical (unpaired) electrons. The fraction of sp³-hybridized carbons (Fsp3) is 0.688. The first-order chi connectivity index (χ1) is 10.2. The number of pyridine rings is 1. The summed E-state index contributed by atoms with van der Waals surface area (Å²) in [5, 5.41) is 8.55. The van der Waals surface area contributed by atoms with Gasteiger partial charge in [0.15, 0.2) is 0 Å². The molecule has 0 unspecified atom stereocenters. The number of rotatable bonds is 5. The molecule has 4 N–H and O–H groups in total. The lowest BCUT2D eigenvalue weighted by Crippen LogP contribution is -2.34. The molecule has 0 aromatic carbocycles. The second kappa shape index (κ2) is 6.54. The van der Waals surface area contributed by atoms with Crippen LogP contribution in [0.1, 0.15) is 52.9 Å². The van der Waals surface area contributed by atoms with Crippen LogP contribution in [0.25, 0.3) is 0 Å². The fourth-order valence-corrected chi connectivity index (χ4v) is 3.69. The molecule has 1 aromatic heterocycles. The Balaban J connectivity index is 1.91. The van der Waals surface area contributed by atoms with Gasteiger partial charge in [0, 0.05) is 6.07 Å². The lowest BCUT2D eigenvalue weighted by atomic mass is 9.69. The molecule has 1 saturated carbocycles. The summed E-state index contributed by atoms with van der Waals surface area (Å²) in [6.45, 7) is 7.00. The number of hydrogen-bond donors (Lipinski definition) is 2. The van der Waals surface area contributed by atoms with E-state index in [4.69, 9.17) is 5.14 Å². The van der Waals surface area contributed by atoms with Crippen molar-refractivity contribution in [2.45, 2.75) is 63.8 Å². The average molecular weight is 326 g/mol. The number of primary sulfonamides is 1. The Bertz CT molecular complexity index is 588. The van der Waals surface area contributed by atoms with Crippen molar-refractivity contribution in [1.82, 2.24) is 0 Å². The predicted octanol–water partition coefficient (Wildman–Crippen LogP) is 2.56. The van der Waals surface area contributed by atoms with Gasteiger partial charge in [0.2, 0.25) is 10.0 Å². The molecule has 22 heavy (non-hydrogen) atoms. The maximum Gasteiger partial charge on any atom is 0.272 e. The molecule has 1 aliphatic rings. The van der Waals surface area contributed by atoms with Gasteiger partial charge in [-0.05, 0) is 43.1 Å². The molecule has 5 nitrogen and oxygen atoms in total. The standard InChI is InChI=1S/C16H27N3O2S/c1-4-16(2,3)12-5-7-13(8-6-12)19-15-10-9-14(11-18-15)22(17,20)21/h9-13H,4-8H2,1-3H3,(H,18,19)(H2,17,20,21)/p+1. The van der Waals surface area contributed by atoms with Crippen LogP contribution in [-0.2, 0) is 10.0 Å². The van der Waals surface area contributed by atoms with Gasteiger partial charge in [-0.2, -0.15) is 0 Å². The number of aromatic nitrogens is 1. The highest BCUT2D eigenvalue weighted by Crippen LogP contribution is 2.40. The van der Waals surface area contributed by atoms with Crippen LogP contribution >= 0.6 is 0 Å². The summed E-state index contributed by atoms with van der Waals surface area (Å²) in [5.41, 5.74) is 0.425. The normalized spacial score (nSPS) is 23.3. The molecule has 124 valence electrons. The zero-order valence-electron chi connectivity index (χ0n) is 13.7. The van der Waals surface area contributed by atoms with Crippen molar-refractivity contribution in [3.63, 3.8) is 0 Å². The molecule has 0 spiro atoms. The Morgan fingerprint density at radius 2 is 1.91 bits per heavy atom. The van der Waals surface area contributed by atoms with Crippen LogP contribution in [-0.4, -0.2) is 14.5 Å². The van der Waals surface area contributed by atoms with Gasteiger partial charge >= 0.3 is 0 Å². The van der Waals surface area contributed by atoms with Crippen molar-refractivity contribution >= 4 is 15.8 Å². The number of sulfonamides is 1. The summed E-state index contributed by atoms with van der Waals surface area (Å²) in [6, 6.07) is 3.71. The summed E-state index contributed by atoms with van der Waals surface area (Å²) in [7, 11) is -3.64. The number of aromatic amines is 1. The molecule has 1 aromatic rings. The van der Waals surface area contributed by atoms with Crippen LogP contribution < -0.4 is 15.4 Å². The SMILES string of the molecule is CCC(C)(C)C1CCC(Nc2ccc(S(N)(=O)=O)c[nH+]2)CC1. The van der Waals surface area contributed by atoms with E-state index in [1.54, 1.807) is 6.07 Å². The monoisotopic (exact) mass is 326 g/mol. The third-order valence-electron chi connectivity index (χ3n) is 5.22. The van der Waals surface area contributed by atoms with E-state index < -0.39 is 10.0 Å². The minimum atomic E-state index is -3.64. The van der Waals surface area contributed by atoms with Gasteiger partial charge in [0.05, 0.1) is 6.04 Å². The quantitative estimate of drug-likeness (QED) is 0.872. The second-order valence-electron chi connectivity index (χ2n) is 7.02. The Kier molecular flexibility index (Phi) is 5.12. The maximum absolute atomic E-state index is 11.2. The first-order valence-electron chi connectivity index (χ1n) is 8.03. The number of hydrogen-bond acceptors (Lipinski definition) is 3. The number of nitrogens with two attached hydrogens (primary N) is 1. The predicted molar refractivity (Wildman–Crippen MR) is 87.8 cm³/mol. The Labute approximate surface area is 133 Å². The third-order valence-corrected chi connectivity index (χ3v) is 6.13. The lowest BCUT2D eigenvalue weighted by molar-refractivity contribution is -0.364. The first kappa shape index (κ1) is 17.2. The molecule has 0 saturated heterocycles. The molecule has 1 fully saturated rings. The fourth-order valence-electron chi connectivity index (χ4n) is 3.21. The zero-order chi connectivity index (χ0) is 16.4. The van der Waals surface area contributed by atoms with E-state index in [1.807, 2.05) is 0 Å². The molecule has 2 rings (SSSR count). The molecule has 0 aliphatic heterocycles. The number of H-pyrrole nitrogens is 1. The van der Waals surface area contributed by atoms with Gasteiger partial charge in [0.25, 0.3) is 5.82 Å². The molecular weight excluding hydrogens is 298 g/mol. The molecule has 0 amide bonds. The van der Waals surface area contributed by atoms with Crippen LogP contribution in [0.5, 0.6) is 0 Å². The molecule has 0 bridgehead atoms. The summed E-state index contributed by atoms with van der Waals surface area (Å²) in [5.74, 6) is 1.63. The van der Waals surface area contributed by atoms with Gasteiger partial charge < -0.3 is 0 Å². The highest BCUT2D eigenvalue weighted by Gasteiger charge is 2.33. The van der Waals surface area contributed by atoms with Gasteiger partial charge in [-0.1, -0.05) is 27.2 Å². The van der Waals surface area contributed by atoms with Crippen LogP contribution in [0.3, 0.4) is 0 Å². The van der Waals surface area contributed by atoms with E-state index >= 15 is 0 Å². The van der Waals surface area contributed by atoms with Crippen molar-refractivity contribution in [1.29, 1.82) is 0 Å². The van der Waals surface area contributed by atoms with Crippen LogP contribution in [0, 0.1) is 11.3 Å². The van der Waals surface area contributed by atoms with Crippen molar-refractivity contribution in [3.8, 4) is 0 Å². The summed E-state index contributed by atoms with van der Waals surface area (Å²) in [6.07, 6.45) is 7.45. The number of anilines is 1. The summed E-state index contributed by atoms with van der Waals surface area (Å²) >= 11 is 0. The van der Waals surface area contributed by atoms with Crippen molar-refractivity contribution in [3.05, 3.63) is 18.3 Å². The minimum Gasteiger partial charge on any atom is -0.272 e. The summed E-state index contributed by atoms with van der Waals surface area (Å²) < 4.78 is 22.5. The molecule has 1 aliphatic carbocycles. The van der Waals surface area contributed by atoms with Crippen molar-refractivity contribution in [2.24, 2.45) is 16.5 Å². The lowest BCUT2D eigenvalue weighted by Gasteiger charge is -2.38.